The Kier molecular flexibility index (Phi) is 4.14. The molecule has 1 N–H and O–H groups in total. The first-order valence-corrected chi connectivity index (χ1v) is 8.58. The molecule has 2 aromatic rings. The fourth-order valence-electron chi connectivity index (χ4n) is 2.59. The highest BCUT2D eigenvalue weighted by atomic mass is 32.2. The molecule has 1 atom stereocenters. The molecule has 0 spiro atoms. The van der Waals surface area contributed by atoms with E-state index in [-0.39, 0.29) is 18.9 Å². The molecule has 7 heteroatoms. The van der Waals surface area contributed by atoms with Gasteiger partial charge in [0.1, 0.15) is 10.7 Å². The molecular weight excluding hydrogens is 319 g/mol. The predicted octanol–water partition coefficient (Wildman–Crippen LogP) is 1.91. The fraction of sp³-hybridized carbons (Fsp3) is 0.188. The van der Waals surface area contributed by atoms with E-state index in [1.807, 2.05) is 6.07 Å². The van der Waals surface area contributed by atoms with Crippen LogP contribution in [0.1, 0.15) is 6.42 Å². The SMILES string of the molecule is O=C1CC(NS(=O)(=O)c2ccccc2F)CN1c1ccccc1. The molecule has 0 bridgehead atoms. The Morgan fingerprint density at radius 3 is 2.39 bits per heavy atom. The summed E-state index contributed by atoms with van der Waals surface area (Å²) in [7, 11) is -4.01. The maximum Gasteiger partial charge on any atom is 0.243 e. The van der Waals surface area contributed by atoms with Crippen LogP contribution in [0.25, 0.3) is 0 Å². The van der Waals surface area contributed by atoms with Gasteiger partial charge in [0.25, 0.3) is 0 Å². The van der Waals surface area contributed by atoms with Gasteiger partial charge in [-0.25, -0.2) is 17.5 Å². The summed E-state index contributed by atoms with van der Waals surface area (Å²) in [4.78, 5) is 13.2. The number of amides is 1. The summed E-state index contributed by atoms with van der Waals surface area (Å²) in [5.74, 6) is -0.985. The predicted molar refractivity (Wildman–Crippen MR) is 83.9 cm³/mol. The Morgan fingerprint density at radius 2 is 1.70 bits per heavy atom. The molecule has 0 radical (unpaired) electrons. The lowest BCUT2D eigenvalue weighted by molar-refractivity contribution is -0.117. The van der Waals surface area contributed by atoms with Crippen LogP contribution in [0.15, 0.2) is 59.5 Å². The van der Waals surface area contributed by atoms with Crippen molar-refractivity contribution >= 4 is 21.6 Å². The molecule has 5 nitrogen and oxygen atoms in total. The van der Waals surface area contributed by atoms with Crippen LogP contribution in [0.3, 0.4) is 0 Å². The number of anilines is 1. The van der Waals surface area contributed by atoms with Crippen LogP contribution < -0.4 is 9.62 Å². The molecule has 0 aromatic heterocycles. The molecule has 1 heterocycles. The van der Waals surface area contributed by atoms with Gasteiger partial charge < -0.3 is 4.90 Å². The van der Waals surface area contributed by atoms with Gasteiger partial charge in [-0.3, -0.25) is 4.79 Å². The highest BCUT2D eigenvalue weighted by molar-refractivity contribution is 7.89. The third-order valence-corrected chi connectivity index (χ3v) is 5.19. The second kappa shape index (κ2) is 6.10. The molecule has 1 saturated heterocycles. The number of benzene rings is 2. The summed E-state index contributed by atoms with van der Waals surface area (Å²) in [5, 5.41) is 0. The van der Waals surface area contributed by atoms with Crippen LogP contribution in [0.4, 0.5) is 10.1 Å². The largest absolute Gasteiger partial charge is 0.311 e. The van der Waals surface area contributed by atoms with Crippen molar-refractivity contribution in [2.75, 3.05) is 11.4 Å². The van der Waals surface area contributed by atoms with Crippen molar-refractivity contribution in [3.8, 4) is 0 Å². The third kappa shape index (κ3) is 3.25. The summed E-state index contributed by atoms with van der Waals surface area (Å²) >= 11 is 0. The lowest BCUT2D eigenvalue weighted by Gasteiger charge is -2.17. The van der Waals surface area contributed by atoms with Crippen LogP contribution >= 0.6 is 0 Å². The van der Waals surface area contributed by atoms with Crippen LogP contribution in [-0.4, -0.2) is 26.9 Å². The molecule has 1 aliphatic rings. The van der Waals surface area contributed by atoms with Gasteiger partial charge in [0.05, 0.1) is 0 Å². The Labute approximate surface area is 133 Å². The number of halogens is 1. The number of hydrogen-bond acceptors (Lipinski definition) is 3. The Morgan fingerprint density at radius 1 is 1.04 bits per heavy atom. The first-order valence-electron chi connectivity index (χ1n) is 7.09. The molecular formula is C16H15FN2O3S. The molecule has 0 aliphatic carbocycles. The number of carbonyl (C=O) groups is 1. The number of sulfonamides is 1. The lowest BCUT2D eigenvalue weighted by atomic mass is 10.3. The number of hydrogen-bond donors (Lipinski definition) is 1. The highest BCUT2D eigenvalue weighted by Gasteiger charge is 2.34. The summed E-state index contributed by atoms with van der Waals surface area (Å²) in [5.41, 5.74) is 0.713. The van der Waals surface area contributed by atoms with E-state index >= 15 is 0 Å². The van der Waals surface area contributed by atoms with Crippen molar-refractivity contribution in [2.45, 2.75) is 17.4 Å². The van der Waals surface area contributed by atoms with Crippen LogP contribution in [-0.2, 0) is 14.8 Å². The normalized spacial score (nSPS) is 18.4. The molecule has 120 valence electrons. The molecule has 1 fully saturated rings. The molecule has 2 aromatic carbocycles. The zero-order valence-corrected chi connectivity index (χ0v) is 13.0. The maximum absolute atomic E-state index is 13.7. The number of carbonyl (C=O) groups excluding carboxylic acids is 1. The van der Waals surface area contributed by atoms with E-state index in [4.69, 9.17) is 0 Å². The Hall–Kier alpha value is -2.25. The van der Waals surface area contributed by atoms with Gasteiger partial charge in [-0.15, -0.1) is 0 Å². The first kappa shape index (κ1) is 15.6. The molecule has 0 saturated carbocycles. The number of nitrogens with zero attached hydrogens (tertiary/aromatic N) is 1. The zero-order chi connectivity index (χ0) is 16.4. The van der Waals surface area contributed by atoms with E-state index < -0.39 is 26.8 Å². The minimum Gasteiger partial charge on any atom is -0.311 e. The monoisotopic (exact) mass is 334 g/mol. The number of para-hydroxylation sites is 1. The van der Waals surface area contributed by atoms with Crippen LogP contribution in [0.2, 0.25) is 0 Å². The smallest absolute Gasteiger partial charge is 0.243 e. The van der Waals surface area contributed by atoms with Gasteiger partial charge in [0.15, 0.2) is 0 Å². The third-order valence-electron chi connectivity index (χ3n) is 3.64. The second-order valence-corrected chi connectivity index (χ2v) is 6.98. The van der Waals surface area contributed by atoms with E-state index in [2.05, 4.69) is 4.72 Å². The summed E-state index contributed by atoms with van der Waals surface area (Å²) in [6, 6.07) is 13.6. The number of rotatable bonds is 4. The quantitative estimate of drug-likeness (QED) is 0.929. The van der Waals surface area contributed by atoms with Crippen LogP contribution in [0.5, 0.6) is 0 Å². The molecule has 1 aliphatic heterocycles. The zero-order valence-electron chi connectivity index (χ0n) is 12.1. The molecule has 1 amide bonds. The Bertz CT molecular complexity index is 824. The topological polar surface area (TPSA) is 66.5 Å². The van der Waals surface area contributed by atoms with Gasteiger partial charge in [-0.05, 0) is 24.3 Å². The molecule has 3 rings (SSSR count). The average Bonchev–Trinajstić information content (AvgIpc) is 2.88. The van der Waals surface area contributed by atoms with Crippen LogP contribution in [0, 0.1) is 5.82 Å². The molecule has 23 heavy (non-hydrogen) atoms. The van der Waals surface area contributed by atoms with Crippen molar-refractivity contribution in [3.63, 3.8) is 0 Å². The fourth-order valence-corrected chi connectivity index (χ4v) is 3.90. The van der Waals surface area contributed by atoms with Crippen molar-refractivity contribution in [2.24, 2.45) is 0 Å². The van der Waals surface area contributed by atoms with Gasteiger partial charge in [-0.2, -0.15) is 0 Å². The Balaban J connectivity index is 1.77. The van der Waals surface area contributed by atoms with Crippen molar-refractivity contribution in [1.82, 2.24) is 4.72 Å². The van der Waals surface area contributed by atoms with Gasteiger partial charge in [0, 0.05) is 24.7 Å². The van der Waals surface area contributed by atoms with Crippen molar-refractivity contribution < 1.29 is 17.6 Å². The minimum absolute atomic E-state index is 0.0442. The van der Waals surface area contributed by atoms with Crippen molar-refractivity contribution in [3.05, 3.63) is 60.4 Å². The first-order chi connectivity index (χ1) is 11.0. The lowest BCUT2D eigenvalue weighted by Crippen LogP contribution is -2.37. The van der Waals surface area contributed by atoms with Gasteiger partial charge >= 0.3 is 0 Å². The molecule has 1 unspecified atom stereocenters. The highest BCUT2D eigenvalue weighted by Crippen LogP contribution is 2.22. The standard InChI is InChI=1S/C16H15FN2O3S/c17-14-8-4-5-9-15(14)23(21,22)18-12-10-16(20)19(11-12)13-6-2-1-3-7-13/h1-9,12,18H,10-11H2. The minimum atomic E-state index is -4.01. The van der Waals surface area contributed by atoms with Crippen molar-refractivity contribution in [1.29, 1.82) is 0 Å². The van der Waals surface area contributed by atoms with E-state index in [9.17, 15) is 17.6 Å². The second-order valence-electron chi connectivity index (χ2n) is 5.29. The maximum atomic E-state index is 13.7. The van der Waals surface area contributed by atoms with Gasteiger partial charge in [-0.1, -0.05) is 30.3 Å². The van der Waals surface area contributed by atoms with E-state index in [1.165, 1.54) is 23.1 Å². The summed E-state index contributed by atoms with van der Waals surface area (Å²) < 4.78 is 40.6. The summed E-state index contributed by atoms with van der Waals surface area (Å²) in [6.45, 7) is 0.219. The number of nitrogens with one attached hydrogen (secondary N) is 1. The summed E-state index contributed by atoms with van der Waals surface area (Å²) in [6.07, 6.45) is 0.0442. The van der Waals surface area contributed by atoms with E-state index in [0.717, 1.165) is 6.07 Å². The van der Waals surface area contributed by atoms with Gasteiger partial charge in [0.2, 0.25) is 15.9 Å². The average molecular weight is 334 g/mol. The van der Waals surface area contributed by atoms with E-state index in [1.54, 1.807) is 24.3 Å². The van der Waals surface area contributed by atoms with E-state index in [0.29, 0.717) is 5.69 Å².